The van der Waals surface area contributed by atoms with Crippen LogP contribution in [0, 0.1) is 50.7 Å². The largest absolute Gasteiger partial charge is 0.308 e. The molecule has 0 aliphatic rings. The summed E-state index contributed by atoms with van der Waals surface area (Å²) in [5.41, 5.74) is 10.9. The molecule has 0 atom stereocenters. The maximum absolute atomic E-state index is 14.7. The van der Waals surface area contributed by atoms with Crippen molar-refractivity contribution in [1.82, 2.24) is 9.13 Å². The van der Waals surface area contributed by atoms with Crippen molar-refractivity contribution in [3.05, 3.63) is 143 Å². The minimum Gasteiger partial charge on any atom is -0.308 e. The third-order valence-corrected chi connectivity index (χ3v) is 9.04. The average Bonchev–Trinajstić information content (AvgIpc) is 3.50. The van der Waals surface area contributed by atoms with Gasteiger partial charge in [-0.2, -0.15) is 5.26 Å². The van der Waals surface area contributed by atoms with Gasteiger partial charge in [0.25, 0.3) is 0 Å². The van der Waals surface area contributed by atoms with Crippen molar-refractivity contribution in [2.75, 3.05) is 0 Å². The van der Waals surface area contributed by atoms with Gasteiger partial charge in [0.1, 0.15) is 23.3 Å². The van der Waals surface area contributed by atoms with Crippen LogP contribution in [0.5, 0.6) is 0 Å². The first kappa shape index (κ1) is 27.8. The van der Waals surface area contributed by atoms with Crippen molar-refractivity contribution in [1.29, 1.82) is 5.26 Å². The second kappa shape index (κ2) is 10.2. The standard InChI is InChI=1S/C41H29F2N3/c1-23-5-9-31-32-10-6-24(2)14-37(32)45(36(31)13-23)40-19-28(27-17-29(42)21-30(43)18-27)20-41(35(40)22-44)46-38-15-25(3)7-11-33(38)34-12-8-26(4)16-39(34)46/h5-21H,1-4H3. The Morgan fingerprint density at radius 3 is 1.11 bits per heavy atom. The van der Waals surface area contributed by atoms with E-state index in [0.717, 1.165) is 71.9 Å². The first-order chi connectivity index (χ1) is 22.2. The van der Waals surface area contributed by atoms with Gasteiger partial charge in [0.05, 0.1) is 33.4 Å². The smallest absolute Gasteiger partial charge is 0.126 e. The Kier molecular flexibility index (Phi) is 6.13. The predicted molar refractivity (Wildman–Crippen MR) is 184 cm³/mol. The highest BCUT2D eigenvalue weighted by Gasteiger charge is 2.23. The summed E-state index contributed by atoms with van der Waals surface area (Å²) in [4.78, 5) is 0. The Labute approximate surface area is 265 Å². The van der Waals surface area contributed by atoms with Crippen LogP contribution in [0.15, 0.2) is 103 Å². The van der Waals surface area contributed by atoms with Crippen molar-refractivity contribution in [2.45, 2.75) is 27.7 Å². The molecule has 0 aliphatic heterocycles. The number of halogens is 2. The third kappa shape index (κ3) is 4.22. The van der Waals surface area contributed by atoms with Crippen molar-refractivity contribution in [2.24, 2.45) is 0 Å². The molecule has 6 aromatic carbocycles. The maximum Gasteiger partial charge on any atom is 0.126 e. The second-order valence-corrected chi connectivity index (χ2v) is 12.4. The number of hydrogen-bond acceptors (Lipinski definition) is 1. The second-order valence-electron chi connectivity index (χ2n) is 12.4. The van der Waals surface area contributed by atoms with Gasteiger partial charge in [-0.25, -0.2) is 8.78 Å². The van der Waals surface area contributed by atoms with Gasteiger partial charge in [-0.05, 0) is 110 Å². The summed E-state index contributed by atoms with van der Waals surface area (Å²) in [6, 6.07) is 35.3. The zero-order chi connectivity index (χ0) is 31.9. The monoisotopic (exact) mass is 601 g/mol. The summed E-state index contributed by atoms with van der Waals surface area (Å²) < 4.78 is 33.7. The highest BCUT2D eigenvalue weighted by molar-refractivity contribution is 6.11. The Balaban J connectivity index is 1.60. The maximum atomic E-state index is 14.7. The van der Waals surface area contributed by atoms with Gasteiger partial charge in [0.2, 0.25) is 0 Å². The van der Waals surface area contributed by atoms with E-state index < -0.39 is 11.6 Å². The Morgan fingerprint density at radius 2 is 0.783 bits per heavy atom. The lowest BCUT2D eigenvalue weighted by Crippen LogP contribution is -2.05. The molecule has 0 unspecified atom stereocenters. The van der Waals surface area contributed by atoms with Crippen LogP contribution >= 0.6 is 0 Å². The van der Waals surface area contributed by atoms with E-state index in [-0.39, 0.29) is 0 Å². The number of aryl methyl sites for hydroxylation is 4. The summed E-state index contributed by atoms with van der Waals surface area (Å²) in [6.45, 7) is 8.21. The zero-order valence-electron chi connectivity index (χ0n) is 25.9. The molecule has 0 bridgehead atoms. The molecular weight excluding hydrogens is 572 g/mol. The molecule has 222 valence electrons. The van der Waals surface area contributed by atoms with E-state index >= 15 is 0 Å². The minimum absolute atomic E-state index is 0.394. The summed E-state index contributed by atoms with van der Waals surface area (Å²) in [7, 11) is 0. The van der Waals surface area contributed by atoms with Crippen molar-refractivity contribution in [3.63, 3.8) is 0 Å². The van der Waals surface area contributed by atoms with Crippen LogP contribution in [0.3, 0.4) is 0 Å². The van der Waals surface area contributed by atoms with Crippen molar-refractivity contribution >= 4 is 43.6 Å². The molecule has 0 spiro atoms. The fraction of sp³-hybridized carbons (Fsp3) is 0.0976. The molecule has 0 saturated heterocycles. The highest BCUT2D eigenvalue weighted by atomic mass is 19.1. The highest BCUT2D eigenvalue weighted by Crippen LogP contribution is 2.41. The van der Waals surface area contributed by atoms with E-state index in [2.05, 4.69) is 116 Å². The molecule has 0 fully saturated rings. The normalized spacial score (nSPS) is 11.7. The Bertz CT molecular complexity index is 2330. The molecule has 3 nitrogen and oxygen atoms in total. The van der Waals surface area contributed by atoms with Gasteiger partial charge in [0, 0.05) is 27.6 Å². The van der Waals surface area contributed by atoms with Gasteiger partial charge in [-0.15, -0.1) is 0 Å². The third-order valence-electron chi connectivity index (χ3n) is 9.04. The Morgan fingerprint density at radius 1 is 0.457 bits per heavy atom. The first-order valence-electron chi connectivity index (χ1n) is 15.3. The molecule has 0 amide bonds. The lowest BCUT2D eigenvalue weighted by molar-refractivity contribution is 0.584. The van der Waals surface area contributed by atoms with E-state index in [1.54, 1.807) is 0 Å². The summed E-state index contributed by atoms with van der Waals surface area (Å²) in [5.74, 6) is -1.32. The van der Waals surface area contributed by atoms with Gasteiger partial charge in [-0.1, -0.05) is 48.5 Å². The van der Waals surface area contributed by atoms with Crippen LogP contribution in [0.1, 0.15) is 27.8 Å². The number of rotatable bonds is 3. The number of benzene rings is 6. The number of fused-ring (bicyclic) bond motifs is 6. The lowest BCUT2D eigenvalue weighted by Gasteiger charge is -2.19. The van der Waals surface area contributed by atoms with Gasteiger partial charge >= 0.3 is 0 Å². The molecule has 0 aliphatic carbocycles. The fourth-order valence-corrected chi connectivity index (χ4v) is 6.96. The molecule has 2 heterocycles. The topological polar surface area (TPSA) is 33.6 Å². The van der Waals surface area contributed by atoms with E-state index in [1.807, 2.05) is 12.1 Å². The summed E-state index contributed by atoms with van der Waals surface area (Å²) in [5, 5.41) is 15.3. The van der Waals surface area contributed by atoms with Gasteiger partial charge in [0.15, 0.2) is 0 Å². The molecular formula is C41H29F2N3. The summed E-state index contributed by atoms with van der Waals surface area (Å²) in [6.07, 6.45) is 0. The fourth-order valence-electron chi connectivity index (χ4n) is 6.96. The molecule has 8 aromatic rings. The van der Waals surface area contributed by atoms with Gasteiger partial charge < -0.3 is 9.13 Å². The minimum atomic E-state index is -0.659. The van der Waals surface area contributed by atoms with E-state index in [0.29, 0.717) is 28.1 Å². The number of aromatic nitrogens is 2. The number of nitrogens with zero attached hydrogens (tertiary/aromatic N) is 3. The summed E-state index contributed by atoms with van der Waals surface area (Å²) >= 11 is 0. The number of hydrogen-bond donors (Lipinski definition) is 0. The number of nitriles is 1. The molecule has 2 aromatic heterocycles. The molecule has 0 radical (unpaired) electrons. The quantitative estimate of drug-likeness (QED) is 0.198. The van der Waals surface area contributed by atoms with Crippen LogP contribution in [0.2, 0.25) is 0 Å². The molecule has 0 saturated carbocycles. The Hall–Kier alpha value is -5.73. The van der Waals surface area contributed by atoms with Crippen LogP contribution in [0.4, 0.5) is 8.78 Å². The van der Waals surface area contributed by atoms with Gasteiger partial charge in [-0.3, -0.25) is 0 Å². The van der Waals surface area contributed by atoms with Crippen LogP contribution in [0.25, 0.3) is 66.1 Å². The predicted octanol–water partition coefficient (Wildman–Crippen LogP) is 10.9. The zero-order valence-corrected chi connectivity index (χ0v) is 25.9. The van der Waals surface area contributed by atoms with Crippen molar-refractivity contribution in [3.8, 4) is 28.6 Å². The van der Waals surface area contributed by atoms with E-state index in [1.165, 1.54) is 12.1 Å². The lowest BCUT2D eigenvalue weighted by atomic mass is 9.99. The van der Waals surface area contributed by atoms with Crippen LogP contribution in [-0.2, 0) is 0 Å². The molecule has 46 heavy (non-hydrogen) atoms. The van der Waals surface area contributed by atoms with E-state index in [4.69, 9.17) is 0 Å². The molecule has 5 heteroatoms. The molecule has 8 rings (SSSR count). The average molecular weight is 602 g/mol. The molecule has 0 N–H and O–H groups in total. The van der Waals surface area contributed by atoms with Crippen LogP contribution < -0.4 is 0 Å². The first-order valence-corrected chi connectivity index (χ1v) is 15.3. The van der Waals surface area contributed by atoms with Crippen LogP contribution in [-0.4, -0.2) is 9.13 Å². The SMILES string of the molecule is Cc1ccc2c3ccc(C)cc3n(-c3cc(-c4cc(F)cc(F)c4)cc(-n4c5cc(C)ccc5c5ccc(C)cc54)c3C#N)c2c1. The van der Waals surface area contributed by atoms with E-state index in [9.17, 15) is 14.0 Å². The van der Waals surface area contributed by atoms with Crippen molar-refractivity contribution < 1.29 is 8.78 Å².